The lowest BCUT2D eigenvalue weighted by Crippen LogP contribution is -2.52. The standard InChI is InChI=1S/C17H24N2/c1-2-6-15-13(4-1)5-3-7-17(15)19-11-10-18-16(12-19)14-8-9-14/h1-2,4,6,14,16-18H,3,5,7-12H2. The maximum Gasteiger partial charge on any atom is 0.0352 e. The predicted molar refractivity (Wildman–Crippen MR) is 78.2 cm³/mol. The first-order valence-corrected chi connectivity index (χ1v) is 7.97. The number of rotatable bonds is 2. The molecule has 3 aliphatic rings. The monoisotopic (exact) mass is 256 g/mol. The van der Waals surface area contributed by atoms with Crippen LogP contribution in [0.5, 0.6) is 0 Å². The molecule has 2 unspecified atom stereocenters. The van der Waals surface area contributed by atoms with Crippen LogP contribution < -0.4 is 5.32 Å². The van der Waals surface area contributed by atoms with Crippen LogP contribution in [-0.2, 0) is 6.42 Å². The molecular weight excluding hydrogens is 232 g/mol. The molecule has 2 atom stereocenters. The zero-order valence-corrected chi connectivity index (χ0v) is 11.6. The molecule has 0 radical (unpaired) electrons. The molecule has 0 spiro atoms. The van der Waals surface area contributed by atoms with Gasteiger partial charge in [-0.25, -0.2) is 0 Å². The second kappa shape index (κ2) is 4.92. The van der Waals surface area contributed by atoms with Crippen LogP contribution in [0.4, 0.5) is 0 Å². The Hall–Kier alpha value is -0.860. The fourth-order valence-electron chi connectivity index (χ4n) is 4.01. The normalized spacial score (nSPS) is 32.0. The first kappa shape index (κ1) is 11.9. The molecule has 1 aromatic carbocycles. The van der Waals surface area contributed by atoms with E-state index in [0.717, 1.165) is 12.0 Å². The first-order valence-electron chi connectivity index (χ1n) is 7.97. The topological polar surface area (TPSA) is 15.3 Å². The van der Waals surface area contributed by atoms with E-state index in [1.807, 2.05) is 0 Å². The average molecular weight is 256 g/mol. The van der Waals surface area contributed by atoms with Crippen LogP contribution in [0, 0.1) is 5.92 Å². The van der Waals surface area contributed by atoms with Gasteiger partial charge in [-0.05, 0) is 49.1 Å². The van der Waals surface area contributed by atoms with Crippen LogP contribution in [0.15, 0.2) is 24.3 Å². The first-order chi connectivity index (χ1) is 9.42. The van der Waals surface area contributed by atoms with Crippen molar-refractivity contribution in [3.8, 4) is 0 Å². The molecule has 0 amide bonds. The second-order valence-electron chi connectivity index (χ2n) is 6.50. The van der Waals surface area contributed by atoms with Crippen molar-refractivity contribution in [2.45, 2.75) is 44.2 Å². The number of fused-ring (bicyclic) bond motifs is 1. The van der Waals surface area contributed by atoms with Crippen LogP contribution in [0.25, 0.3) is 0 Å². The summed E-state index contributed by atoms with van der Waals surface area (Å²) in [5.41, 5.74) is 3.21. The van der Waals surface area contributed by atoms with Crippen LogP contribution in [0.2, 0.25) is 0 Å². The molecule has 1 saturated carbocycles. The SMILES string of the molecule is c1ccc2c(c1)CCCC2N1CCNC(C2CC2)C1. The predicted octanol–water partition coefficient (Wildman–Crippen LogP) is 2.75. The lowest BCUT2D eigenvalue weighted by Gasteiger charge is -2.41. The van der Waals surface area contributed by atoms with E-state index >= 15 is 0 Å². The molecular formula is C17H24N2. The zero-order chi connectivity index (χ0) is 12.7. The number of piperazine rings is 1. The summed E-state index contributed by atoms with van der Waals surface area (Å²) in [7, 11) is 0. The summed E-state index contributed by atoms with van der Waals surface area (Å²) in [6.07, 6.45) is 6.90. The van der Waals surface area contributed by atoms with Crippen LogP contribution in [0.3, 0.4) is 0 Å². The van der Waals surface area contributed by atoms with Gasteiger partial charge in [0.05, 0.1) is 0 Å². The minimum atomic E-state index is 0.688. The summed E-state index contributed by atoms with van der Waals surface area (Å²) < 4.78 is 0. The van der Waals surface area contributed by atoms with E-state index in [1.165, 1.54) is 51.7 Å². The molecule has 2 heteroatoms. The molecule has 1 aromatic rings. The third-order valence-electron chi connectivity index (χ3n) is 5.21. The molecule has 2 aliphatic carbocycles. The Balaban J connectivity index is 1.55. The smallest absolute Gasteiger partial charge is 0.0352 e. The number of benzene rings is 1. The molecule has 1 N–H and O–H groups in total. The molecule has 102 valence electrons. The van der Waals surface area contributed by atoms with E-state index in [-0.39, 0.29) is 0 Å². The van der Waals surface area contributed by atoms with Crippen LogP contribution in [-0.4, -0.2) is 30.6 Å². The van der Waals surface area contributed by atoms with Gasteiger partial charge in [0.2, 0.25) is 0 Å². The van der Waals surface area contributed by atoms with Gasteiger partial charge in [-0.2, -0.15) is 0 Å². The van der Waals surface area contributed by atoms with Crippen molar-refractivity contribution in [2.75, 3.05) is 19.6 Å². The van der Waals surface area contributed by atoms with Crippen molar-refractivity contribution in [2.24, 2.45) is 5.92 Å². The van der Waals surface area contributed by atoms with Gasteiger partial charge in [-0.15, -0.1) is 0 Å². The molecule has 0 bridgehead atoms. The highest BCUT2D eigenvalue weighted by Crippen LogP contribution is 2.38. The molecule has 2 nitrogen and oxygen atoms in total. The largest absolute Gasteiger partial charge is 0.311 e. The lowest BCUT2D eigenvalue weighted by molar-refractivity contribution is 0.123. The van der Waals surface area contributed by atoms with Crippen molar-refractivity contribution >= 4 is 0 Å². The Morgan fingerprint density at radius 1 is 1.11 bits per heavy atom. The van der Waals surface area contributed by atoms with Gasteiger partial charge >= 0.3 is 0 Å². The van der Waals surface area contributed by atoms with E-state index in [0.29, 0.717) is 6.04 Å². The average Bonchev–Trinajstić information content (AvgIpc) is 3.31. The molecule has 1 aliphatic heterocycles. The van der Waals surface area contributed by atoms with E-state index in [1.54, 1.807) is 11.1 Å². The number of hydrogen-bond acceptors (Lipinski definition) is 2. The molecule has 0 aromatic heterocycles. The molecule has 4 rings (SSSR count). The summed E-state index contributed by atoms with van der Waals surface area (Å²) in [5, 5.41) is 3.73. The van der Waals surface area contributed by atoms with Crippen molar-refractivity contribution in [3.63, 3.8) is 0 Å². The fourth-order valence-corrected chi connectivity index (χ4v) is 4.01. The van der Waals surface area contributed by atoms with E-state index in [2.05, 4.69) is 34.5 Å². The van der Waals surface area contributed by atoms with Gasteiger partial charge < -0.3 is 5.32 Å². The second-order valence-corrected chi connectivity index (χ2v) is 6.50. The number of nitrogens with one attached hydrogen (secondary N) is 1. The quantitative estimate of drug-likeness (QED) is 0.875. The highest BCUT2D eigenvalue weighted by atomic mass is 15.2. The number of aryl methyl sites for hydroxylation is 1. The minimum absolute atomic E-state index is 0.688. The van der Waals surface area contributed by atoms with E-state index in [9.17, 15) is 0 Å². The van der Waals surface area contributed by atoms with Crippen molar-refractivity contribution in [1.29, 1.82) is 0 Å². The maximum atomic E-state index is 3.73. The molecule has 1 saturated heterocycles. The highest BCUT2D eigenvalue weighted by molar-refractivity contribution is 5.32. The molecule has 2 fully saturated rings. The summed E-state index contributed by atoms with van der Waals surface area (Å²) in [5.74, 6) is 0.974. The number of hydrogen-bond donors (Lipinski definition) is 1. The summed E-state index contributed by atoms with van der Waals surface area (Å²) >= 11 is 0. The summed E-state index contributed by atoms with van der Waals surface area (Å²) in [6.45, 7) is 3.67. The van der Waals surface area contributed by atoms with Crippen LogP contribution >= 0.6 is 0 Å². The van der Waals surface area contributed by atoms with Gasteiger partial charge in [-0.3, -0.25) is 4.90 Å². The van der Waals surface area contributed by atoms with Gasteiger partial charge in [0, 0.05) is 31.7 Å². The Labute approximate surface area is 116 Å². The van der Waals surface area contributed by atoms with Crippen LogP contribution in [0.1, 0.15) is 42.9 Å². The van der Waals surface area contributed by atoms with E-state index < -0.39 is 0 Å². The van der Waals surface area contributed by atoms with Gasteiger partial charge in [0.1, 0.15) is 0 Å². The highest BCUT2D eigenvalue weighted by Gasteiger charge is 2.36. The van der Waals surface area contributed by atoms with Gasteiger partial charge in [0.25, 0.3) is 0 Å². The number of nitrogens with zero attached hydrogens (tertiary/aromatic N) is 1. The molecule has 1 heterocycles. The Morgan fingerprint density at radius 3 is 2.89 bits per heavy atom. The molecule has 19 heavy (non-hydrogen) atoms. The minimum Gasteiger partial charge on any atom is -0.311 e. The lowest BCUT2D eigenvalue weighted by atomic mass is 9.86. The Kier molecular flexibility index (Phi) is 3.08. The Bertz CT molecular complexity index is 452. The van der Waals surface area contributed by atoms with E-state index in [4.69, 9.17) is 0 Å². The fraction of sp³-hybridized carbons (Fsp3) is 0.647. The zero-order valence-electron chi connectivity index (χ0n) is 11.6. The van der Waals surface area contributed by atoms with Crippen molar-refractivity contribution in [3.05, 3.63) is 35.4 Å². The third kappa shape index (κ3) is 2.32. The van der Waals surface area contributed by atoms with Gasteiger partial charge in [0.15, 0.2) is 0 Å². The third-order valence-corrected chi connectivity index (χ3v) is 5.21. The maximum absolute atomic E-state index is 3.73. The van der Waals surface area contributed by atoms with Gasteiger partial charge in [-0.1, -0.05) is 24.3 Å². The summed E-state index contributed by atoms with van der Waals surface area (Å²) in [4.78, 5) is 2.76. The summed E-state index contributed by atoms with van der Waals surface area (Å²) in [6, 6.07) is 10.6. The van der Waals surface area contributed by atoms with Crippen molar-refractivity contribution in [1.82, 2.24) is 10.2 Å². The Morgan fingerprint density at radius 2 is 2.00 bits per heavy atom. The van der Waals surface area contributed by atoms with Crippen molar-refractivity contribution < 1.29 is 0 Å².